The van der Waals surface area contributed by atoms with E-state index in [0.29, 0.717) is 0 Å². The molecule has 0 heterocycles. The van der Waals surface area contributed by atoms with Gasteiger partial charge in [0.25, 0.3) is 0 Å². The summed E-state index contributed by atoms with van der Waals surface area (Å²) < 4.78 is 40.2. The van der Waals surface area contributed by atoms with Crippen LogP contribution in [0.1, 0.15) is 11.7 Å². The Kier molecular flexibility index (Phi) is 3.76. The Morgan fingerprint density at radius 2 is 1.75 bits per heavy atom. The molecule has 2 rings (SSSR count). The molecule has 104 valence electrons. The Balaban J connectivity index is 2.69. The van der Waals surface area contributed by atoms with E-state index in [1.807, 2.05) is 0 Å². The molecule has 1 atom stereocenters. The van der Waals surface area contributed by atoms with Crippen LogP contribution < -0.4 is 0 Å². The lowest BCUT2D eigenvalue weighted by Crippen LogP contribution is -2.12. The summed E-state index contributed by atoms with van der Waals surface area (Å²) in [4.78, 5) is 10.8. The van der Waals surface area contributed by atoms with E-state index in [-0.39, 0.29) is 16.7 Å². The number of hydrogen-bond acceptors (Lipinski definition) is 2. The molecule has 0 spiro atoms. The van der Waals surface area contributed by atoms with Crippen molar-refractivity contribution >= 4 is 5.97 Å². The molecule has 0 amide bonds. The van der Waals surface area contributed by atoms with Gasteiger partial charge in [0.15, 0.2) is 17.7 Å². The molecule has 0 fully saturated rings. The second kappa shape index (κ2) is 5.34. The van der Waals surface area contributed by atoms with Crippen LogP contribution >= 0.6 is 0 Å². The van der Waals surface area contributed by atoms with Gasteiger partial charge in [-0.05, 0) is 29.3 Å². The van der Waals surface area contributed by atoms with E-state index in [1.165, 1.54) is 12.1 Å². The van der Waals surface area contributed by atoms with Gasteiger partial charge in [-0.3, -0.25) is 0 Å². The quantitative estimate of drug-likeness (QED) is 0.910. The molecule has 2 aromatic carbocycles. The molecule has 0 bridgehead atoms. The number of halogens is 3. The summed E-state index contributed by atoms with van der Waals surface area (Å²) >= 11 is 0. The van der Waals surface area contributed by atoms with Crippen LogP contribution in [-0.2, 0) is 4.79 Å². The fraction of sp³-hybridized carbons (Fsp3) is 0.0714. The van der Waals surface area contributed by atoms with Gasteiger partial charge in [-0.15, -0.1) is 0 Å². The maximum atomic E-state index is 13.7. The normalized spacial score (nSPS) is 12.2. The highest BCUT2D eigenvalue weighted by Gasteiger charge is 2.22. The molecule has 0 saturated carbocycles. The highest BCUT2D eigenvalue weighted by molar-refractivity contribution is 5.79. The highest BCUT2D eigenvalue weighted by atomic mass is 19.2. The molecule has 0 aliphatic rings. The standard InChI is InChI=1S/C14H9F3O3/c15-7-4-5-9(13(18)14(19)20)10(6-7)8-2-1-3-11(16)12(8)17/h1-6,13,18H,(H,19,20). The van der Waals surface area contributed by atoms with Crippen LogP contribution in [-0.4, -0.2) is 16.2 Å². The lowest BCUT2D eigenvalue weighted by Gasteiger charge is -2.13. The zero-order chi connectivity index (χ0) is 14.9. The van der Waals surface area contributed by atoms with E-state index < -0.39 is 29.5 Å². The first-order chi connectivity index (χ1) is 9.41. The lowest BCUT2D eigenvalue weighted by atomic mass is 9.95. The molecule has 2 N–H and O–H groups in total. The van der Waals surface area contributed by atoms with Crippen LogP contribution in [0.3, 0.4) is 0 Å². The molecule has 3 nitrogen and oxygen atoms in total. The van der Waals surface area contributed by atoms with Crippen molar-refractivity contribution in [2.75, 3.05) is 0 Å². The van der Waals surface area contributed by atoms with E-state index in [4.69, 9.17) is 5.11 Å². The summed E-state index contributed by atoms with van der Waals surface area (Å²) in [6.07, 6.45) is -1.96. The Bertz CT molecular complexity index is 671. The van der Waals surface area contributed by atoms with Crippen molar-refractivity contribution in [3.8, 4) is 11.1 Å². The molecule has 1 unspecified atom stereocenters. The Morgan fingerprint density at radius 1 is 1.05 bits per heavy atom. The average molecular weight is 282 g/mol. The molecule has 0 radical (unpaired) electrons. The van der Waals surface area contributed by atoms with E-state index >= 15 is 0 Å². The largest absolute Gasteiger partial charge is 0.479 e. The van der Waals surface area contributed by atoms with Gasteiger partial charge in [-0.2, -0.15) is 0 Å². The van der Waals surface area contributed by atoms with Crippen LogP contribution in [0, 0.1) is 17.5 Å². The Labute approximate surface area is 111 Å². The summed E-state index contributed by atoms with van der Waals surface area (Å²) in [7, 11) is 0. The number of aliphatic carboxylic acids is 1. The Hall–Kier alpha value is -2.34. The van der Waals surface area contributed by atoms with E-state index in [1.54, 1.807) is 0 Å². The topological polar surface area (TPSA) is 57.5 Å². The van der Waals surface area contributed by atoms with Gasteiger partial charge in [-0.25, -0.2) is 18.0 Å². The van der Waals surface area contributed by atoms with Gasteiger partial charge >= 0.3 is 5.97 Å². The van der Waals surface area contributed by atoms with Crippen molar-refractivity contribution < 1.29 is 28.2 Å². The second-order valence-corrected chi connectivity index (χ2v) is 4.07. The van der Waals surface area contributed by atoms with Crippen molar-refractivity contribution in [3.05, 3.63) is 59.4 Å². The van der Waals surface area contributed by atoms with Crippen LogP contribution in [0.5, 0.6) is 0 Å². The second-order valence-electron chi connectivity index (χ2n) is 4.07. The van der Waals surface area contributed by atoms with Crippen molar-refractivity contribution in [2.24, 2.45) is 0 Å². The molecule has 0 aliphatic heterocycles. The summed E-state index contributed by atoms with van der Waals surface area (Å²) in [5, 5.41) is 18.3. The third-order valence-electron chi connectivity index (χ3n) is 2.79. The number of carbonyl (C=O) groups is 1. The summed E-state index contributed by atoms with van der Waals surface area (Å²) in [5.41, 5.74) is -0.750. The minimum atomic E-state index is -1.96. The molecule has 0 aliphatic carbocycles. The van der Waals surface area contributed by atoms with Gasteiger partial charge in [0.1, 0.15) is 5.82 Å². The molecule has 6 heteroatoms. The van der Waals surface area contributed by atoms with Gasteiger partial charge in [0.2, 0.25) is 0 Å². The average Bonchev–Trinajstić information content (AvgIpc) is 2.41. The van der Waals surface area contributed by atoms with Crippen molar-refractivity contribution in [3.63, 3.8) is 0 Å². The fourth-order valence-corrected chi connectivity index (χ4v) is 1.85. The first-order valence-electron chi connectivity index (χ1n) is 5.56. The fourth-order valence-electron chi connectivity index (χ4n) is 1.85. The molecule has 20 heavy (non-hydrogen) atoms. The molecular formula is C14H9F3O3. The molecular weight excluding hydrogens is 273 g/mol. The third kappa shape index (κ3) is 2.50. The highest BCUT2D eigenvalue weighted by Crippen LogP contribution is 2.32. The number of aliphatic hydroxyl groups is 1. The van der Waals surface area contributed by atoms with Gasteiger partial charge in [0.05, 0.1) is 0 Å². The maximum Gasteiger partial charge on any atom is 0.337 e. The van der Waals surface area contributed by atoms with E-state index in [0.717, 1.165) is 24.3 Å². The van der Waals surface area contributed by atoms with Gasteiger partial charge in [-0.1, -0.05) is 18.2 Å². The van der Waals surface area contributed by atoms with Crippen LogP contribution in [0.2, 0.25) is 0 Å². The summed E-state index contributed by atoms with van der Waals surface area (Å²) in [6.45, 7) is 0. The summed E-state index contributed by atoms with van der Waals surface area (Å²) in [6, 6.07) is 6.06. The maximum absolute atomic E-state index is 13.7. The van der Waals surface area contributed by atoms with E-state index in [2.05, 4.69) is 0 Å². The molecule has 0 saturated heterocycles. The zero-order valence-corrected chi connectivity index (χ0v) is 9.98. The minimum absolute atomic E-state index is 0.211. The van der Waals surface area contributed by atoms with Crippen LogP contribution in [0.15, 0.2) is 36.4 Å². The third-order valence-corrected chi connectivity index (χ3v) is 2.79. The first kappa shape index (κ1) is 14.1. The Morgan fingerprint density at radius 3 is 2.40 bits per heavy atom. The van der Waals surface area contributed by atoms with Gasteiger partial charge in [0, 0.05) is 5.56 Å². The van der Waals surface area contributed by atoms with Crippen molar-refractivity contribution in [1.29, 1.82) is 0 Å². The number of carboxylic acids is 1. The molecule has 0 aromatic heterocycles. The number of benzene rings is 2. The molecule has 2 aromatic rings. The van der Waals surface area contributed by atoms with Gasteiger partial charge < -0.3 is 10.2 Å². The zero-order valence-electron chi connectivity index (χ0n) is 9.98. The van der Waals surface area contributed by atoms with Crippen LogP contribution in [0.4, 0.5) is 13.2 Å². The predicted octanol–water partition coefficient (Wildman–Crippen LogP) is 2.89. The monoisotopic (exact) mass is 282 g/mol. The minimum Gasteiger partial charge on any atom is -0.479 e. The summed E-state index contributed by atoms with van der Waals surface area (Å²) in [5.74, 6) is -4.72. The van der Waals surface area contributed by atoms with Crippen molar-refractivity contribution in [1.82, 2.24) is 0 Å². The first-order valence-corrected chi connectivity index (χ1v) is 5.56. The smallest absolute Gasteiger partial charge is 0.337 e. The number of carboxylic acid groups (broad SMARTS) is 1. The predicted molar refractivity (Wildman–Crippen MR) is 64.3 cm³/mol. The van der Waals surface area contributed by atoms with E-state index in [9.17, 15) is 23.1 Å². The number of aliphatic hydroxyl groups excluding tert-OH is 1. The van der Waals surface area contributed by atoms with Crippen molar-refractivity contribution in [2.45, 2.75) is 6.10 Å². The van der Waals surface area contributed by atoms with Crippen LogP contribution in [0.25, 0.3) is 11.1 Å². The SMILES string of the molecule is O=C(O)C(O)c1ccc(F)cc1-c1cccc(F)c1F. The number of rotatable bonds is 3. The number of hydrogen-bond donors (Lipinski definition) is 2. The lowest BCUT2D eigenvalue weighted by molar-refractivity contribution is -0.146.